The van der Waals surface area contributed by atoms with Crippen molar-refractivity contribution in [1.82, 2.24) is 5.32 Å². The fourth-order valence-electron chi connectivity index (χ4n) is 2.00. The molecule has 0 saturated carbocycles. The van der Waals surface area contributed by atoms with Gasteiger partial charge in [-0.2, -0.15) is 0 Å². The van der Waals surface area contributed by atoms with Crippen molar-refractivity contribution >= 4 is 0 Å². The fourth-order valence-corrected chi connectivity index (χ4v) is 2.00. The number of nitrogens with one attached hydrogen (secondary N) is 1. The van der Waals surface area contributed by atoms with E-state index in [1.165, 1.54) is 5.56 Å². The minimum Gasteiger partial charge on any atom is -0.508 e. The number of benzene rings is 1. The molecule has 3 N–H and O–H groups in total. The highest BCUT2D eigenvalue weighted by Gasteiger charge is 2.19. The summed E-state index contributed by atoms with van der Waals surface area (Å²) < 4.78 is 0. The van der Waals surface area contributed by atoms with Crippen molar-refractivity contribution in [3.8, 4) is 5.75 Å². The number of aliphatic hydroxyl groups is 1. The van der Waals surface area contributed by atoms with Crippen molar-refractivity contribution in [3.05, 3.63) is 29.8 Å². The number of hydrogen-bond donors (Lipinski definition) is 3. The van der Waals surface area contributed by atoms with E-state index in [4.69, 9.17) is 5.11 Å². The molecule has 0 heterocycles. The van der Waals surface area contributed by atoms with E-state index < -0.39 is 0 Å². The van der Waals surface area contributed by atoms with Gasteiger partial charge in [-0.15, -0.1) is 0 Å². The lowest BCUT2D eigenvalue weighted by Gasteiger charge is -2.27. The van der Waals surface area contributed by atoms with Crippen LogP contribution in [-0.2, 0) is 0 Å². The molecule has 1 unspecified atom stereocenters. The van der Waals surface area contributed by atoms with Crippen LogP contribution in [0, 0.1) is 5.41 Å². The maximum absolute atomic E-state index is 9.29. The fraction of sp³-hybridized carbons (Fsp3) is 0.600. The molecule has 1 aromatic rings. The minimum atomic E-state index is 0.0963. The van der Waals surface area contributed by atoms with E-state index in [1.807, 2.05) is 12.1 Å². The summed E-state index contributed by atoms with van der Waals surface area (Å²) >= 11 is 0. The zero-order valence-electron chi connectivity index (χ0n) is 11.6. The van der Waals surface area contributed by atoms with Gasteiger partial charge >= 0.3 is 0 Å². The number of aromatic hydroxyl groups is 1. The molecule has 1 atom stereocenters. The van der Waals surface area contributed by atoms with Gasteiger partial charge in [0.2, 0.25) is 0 Å². The van der Waals surface area contributed by atoms with Crippen LogP contribution < -0.4 is 5.32 Å². The molecule has 0 fully saturated rings. The third kappa shape index (κ3) is 4.67. The number of phenolic OH excluding ortho intramolecular Hbond substituents is 1. The van der Waals surface area contributed by atoms with Crippen LogP contribution in [0.5, 0.6) is 5.75 Å². The molecule has 102 valence electrons. The van der Waals surface area contributed by atoms with Gasteiger partial charge < -0.3 is 15.5 Å². The number of aliphatic hydroxyl groups excluding tert-OH is 1. The first-order chi connectivity index (χ1) is 8.48. The predicted octanol–water partition coefficient (Wildman–Crippen LogP) is 2.84. The summed E-state index contributed by atoms with van der Waals surface area (Å²) in [5.41, 5.74) is 1.29. The summed E-state index contributed by atoms with van der Waals surface area (Å²) in [5.74, 6) is 0.300. The summed E-state index contributed by atoms with van der Waals surface area (Å²) in [5, 5.41) is 21.8. The van der Waals surface area contributed by atoms with E-state index >= 15 is 0 Å². The molecular weight excluding hydrogens is 226 g/mol. The van der Waals surface area contributed by atoms with Gasteiger partial charge in [-0.25, -0.2) is 0 Å². The summed E-state index contributed by atoms with van der Waals surface area (Å²) in [6, 6.07) is 7.64. The van der Waals surface area contributed by atoms with Crippen molar-refractivity contribution < 1.29 is 10.2 Å². The van der Waals surface area contributed by atoms with Crippen molar-refractivity contribution in [2.75, 3.05) is 13.2 Å². The van der Waals surface area contributed by atoms with Gasteiger partial charge in [0.1, 0.15) is 5.75 Å². The van der Waals surface area contributed by atoms with Crippen LogP contribution in [0.1, 0.15) is 45.2 Å². The highest BCUT2D eigenvalue weighted by atomic mass is 16.3. The van der Waals surface area contributed by atoms with Gasteiger partial charge in [-0.05, 0) is 36.0 Å². The van der Waals surface area contributed by atoms with E-state index in [0.717, 1.165) is 19.4 Å². The lowest BCUT2D eigenvalue weighted by Crippen LogP contribution is -2.32. The van der Waals surface area contributed by atoms with Crippen LogP contribution in [0.25, 0.3) is 0 Å². The van der Waals surface area contributed by atoms with Crippen LogP contribution in [0.3, 0.4) is 0 Å². The van der Waals surface area contributed by atoms with E-state index in [1.54, 1.807) is 12.1 Å². The molecule has 0 aromatic heterocycles. The molecule has 0 saturated heterocycles. The summed E-state index contributed by atoms with van der Waals surface area (Å²) in [6.07, 6.45) is 1.80. The van der Waals surface area contributed by atoms with E-state index in [9.17, 15) is 5.11 Å². The van der Waals surface area contributed by atoms with E-state index in [0.29, 0.717) is 11.8 Å². The Kier molecular flexibility index (Phi) is 5.63. The first kappa shape index (κ1) is 15.0. The summed E-state index contributed by atoms with van der Waals surface area (Å²) in [6.45, 7) is 7.54. The molecule has 0 spiro atoms. The average molecular weight is 251 g/mol. The van der Waals surface area contributed by atoms with Crippen LogP contribution in [0.2, 0.25) is 0 Å². The smallest absolute Gasteiger partial charge is 0.115 e. The van der Waals surface area contributed by atoms with Crippen LogP contribution >= 0.6 is 0 Å². The third-order valence-corrected chi connectivity index (χ3v) is 3.32. The monoisotopic (exact) mass is 251 g/mol. The zero-order valence-corrected chi connectivity index (χ0v) is 11.6. The molecule has 0 radical (unpaired) electrons. The lowest BCUT2D eigenvalue weighted by atomic mass is 9.89. The van der Waals surface area contributed by atoms with Gasteiger partial charge in [0, 0.05) is 19.2 Å². The highest BCUT2D eigenvalue weighted by Crippen LogP contribution is 2.23. The summed E-state index contributed by atoms with van der Waals surface area (Å²) in [7, 11) is 0. The Balaban J connectivity index is 2.60. The number of phenols is 1. The van der Waals surface area contributed by atoms with Crippen molar-refractivity contribution in [3.63, 3.8) is 0 Å². The minimum absolute atomic E-state index is 0.0963. The van der Waals surface area contributed by atoms with Gasteiger partial charge in [-0.3, -0.25) is 0 Å². The van der Waals surface area contributed by atoms with E-state index in [2.05, 4.69) is 26.1 Å². The van der Waals surface area contributed by atoms with E-state index in [-0.39, 0.29) is 12.0 Å². The third-order valence-electron chi connectivity index (χ3n) is 3.32. The molecule has 0 aliphatic rings. The molecule has 0 aliphatic carbocycles. The molecule has 3 heteroatoms. The largest absolute Gasteiger partial charge is 0.508 e. The molecule has 3 nitrogen and oxygen atoms in total. The lowest BCUT2D eigenvalue weighted by molar-refractivity contribution is 0.202. The molecular formula is C15H25NO2. The quantitative estimate of drug-likeness (QED) is 0.698. The van der Waals surface area contributed by atoms with Crippen LogP contribution in [0.4, 0.5) is 0 Å². The molecule has 0 amide bonds. The van der Waals surface area contributed by atoms with Crippen LogP contribution in [0.15, 0.2) is 24.3 Å². The highest BCUT2D eigenvalue weighted by molar-refractivity contribution is 5.27. The standard InChI is InChI=1S/C15H25NO2/c1-4-14(12-5-7-13(18)8-6-12)16-11-15(2,3)9-10-17/h5-8,14,16-18H,4,9-11H2,1-3H3. The number of hydrogen-bond acceptors (Lipinski definition) is 3. The predicted molar refractivity (Wildman–Crippen MR) is 74.6 cm³/mol. The van der Waals surface area contributed by atoms with Crippen molar-refractivity contribution in [1.29, 1.82) is 0 Å². The Hall–Kier alpha value is -1.06. The Bertz CT molecular complexity index is 346. The second kappa shape index (κ2) is 6.76. The second-order valence-electron chi connectivity index (χ2n) is 5.57. The Morgan fingerprint density at radius 3 is 2.33 bits per heavy atom. The van der Waals surface area contributed by atoms with Crippen molar-refractivity contribution in [2.45, 2.75) is 39.7 Å². The molecule has 0 bridgehead atoms. The normalized spacial score (nSPS) is 13.6. The van der Waals surface area contributed by atoms with Crippen LogP contribution in [-0.4, -0.2) is 23.4 Å². The van der Waals surface area contributed by atoms with Gasteiger partial charge in [0.05, 0.1) is 0 Å². The van der Waals surface area contributed by atoms with Gasteiger partial charge in [0.25, 0.3) is 0 Å². The first-order valence-electron chi connectivity index (χ1n) is 6.61. The SMILES string of the molecule is CCC(NCC(C)(C)CCO)c1ccc(O)cc1. The molecule has 0 aliphatic heterocycles. The van der Waals surface area contributed by atoms with Gasteiger partial charge in [-0.1, -0.05) is 32.9 Å². The molecule has 1 aromatic carbocycles. The first-order valence-corrected chi connectivity index (χ1v) is 6.61. The zero-order chi connectivity index (χ0) is 13.6. The topological polar surface area (TPSA) is 52.5 Å². The molecule has 18 heavy (non-hydrogen) atoms. The van der Waals surface area contributed by atoms with Gasteiger partial charge in [0.15, 0.2) is 0 Å². The van der Waals surface area contributed by atoms with Crippen molar-refractivity contribution in [2.24, 2.45) is 5.41 Å². The second-order valence-corrected chi connectivity index (χ2v) is 5.57. The maximum atomic E-state index is 9.29. The molecule has 1 rings (SSSR count). The average Bonchev–Trinajstić information content (AvgIpc) is 2.32. The Labute approximate surface area is 110 Å². The maximum Gasteiger partial charge on any atom is 0.115 e. The Morgan fingerprint density at radius 2 is 1.83 bits per heavy atom. The number of rotatable bonds is 7. The Morgan fingerprint density at radius 1 is 1.22 bits per heavy atom. The summed E-state index contributed by atoms with van der Waals surface area (Å²) in [4.78, 5) is 0.